The molecule has 0 bridgehead atoms. The van der Waals surface area contributed by atoms with Crippen LogP contribution in [0.25, 0.3) is 0 Å². The van der Waals surface area contributed by atoms with Gasteiger partial charge in [-0.2, -0.15) is 0 Å². The van der Waals surface area contributed by atoms with E-state index in [-0.39, 0.29) is 0 Å². The number of aldehydes is 1. The fourth-order valence-corrected chi connectivity index (χ4v) is 4.93. The molecule has 0 saturated carbocycles. The van der Waals surface area contributed by atoms with Gasteiger partial charge in [-0.25, -0.2) is 0 Å². The molecule has 0 spiro atoms. The van der Waals surface area contributed by atoms with E-state index in [0.29, 0.717) is 0 Å². The summed E-state index contributed by atoms with van der Waals surface area (Å²) in [6.07, 6.45) is 37.4. The zero-order chi connectivity index (χ0) is 22.7. The molecule has 0 heterocycles. The van der Waals surface area contributed by atoms with Crippen molar-refractivity contribution in [2.24, 2.45) is 5.92 Å². The Hall–Kier alpha value is -0.330. The summed E-state index contributed by atoms with van der Waals surface area (Å²) in [5.74, 6) is 1.02. The molecular formula is C30H60O. The molecule has 0 amide bonds. The molecule has 1 nitrogen and oxygen atoms in total. The highest BCUT2D eigenvalue weighted by molar-refractivity contribution is 5.48. The van der Waals surface area contributed by atoms with Gasteiger partial charge in [0, 0.05) is 6.42 Å². The molecule has 0 fully saturated rings. The van der Waals surface area contributed by atoms with Gasteiger partial charge in [0.15, 0.2) is 0 Å². The zero-order valence-corrected chi connectivity index (χ0v) is 21.9. The van der Waals surface area contributed by atoms with E-state index in [0.717, 1.165) is 25.0 Å². The fraction of sp³-hybridized carbons (Fsp3) is 0.967. The SMILES string of the molecule is CCCCCCCCCC(CCCCCC)CCCCCCCCCCCCCC=O. The third-order valence-electron chi connectivity index (χ3n) is 7.12. The summed E-state index contributed by atoms with van der Waals surface area (Å²) in [7, 11) is 0. The first-order valence-corrected chi connectivity index (χ1v) is 14.8. The van der Waals surface area contributed by atoms with E-state index in [4.69, 9.17) is 0 Å². The average Bonchev–Trinajstić information content (AvgIpc) is 2.78. The Morgan fingerprint density at radius 1 is 0.419 bits per heavy atom. The van der Waals surface area contributed by atoms with E-state index in [1.165, 1.54) is 154 Å². The van der Waals surface area contributed by atoms with Gasteiger partial charge in [0.1, 0.15) is 6.29 Å². The second kappa shape index (κ2) is 27.7. The highest BCUT2D eigenvalue weighted by Crippen LogP contribution is 2.24. The molecule has 186 valence electrons. The first-order valence-electron chi connectivity index (χ1n) is 14.8. The fourth-order valence-electron chi connectivity index (χ4n) is 4.93. The van der Waals surface area contributed by atoms with Crippen molar-refractivity contribution in [3.8, 4) is 0 Å². The van der Waals surface area contributed by atoms with Crippen LogP contribution in [0.2, 0.25) is 0 Å². The molecule has 1 heteroatoms. The van der Waals surface area contributed by atoms with Crippen LogP contribution in [-0.4, -0.2) is 6.29 Å². The Balaban J connectivity index is 3.63. The van der Waals surface area contributed by atoms with E-state index in [1.807, 2.05) is 0 Å². The minimum atomic E-state index is 0.763. The minimum absolute atomic E-state index is 0.763. The van der Waals surface area contributed by atoms with Crippen molar-refractivity contribution in [2.75, 3.05) is 0 Å². The lowest BCUT2D eigenvalue weighted by Gasteiger charge is -2.17. The molecule has 0 aliphatic rings. The summed E-state index contributed by atoms with van der Waals surface area (Å²) in [5, 5.41) is 0. The van der Waals surface area contributed by atoms with Crippen LogP contribution in [0.4, 0.5) is 0 Å². The highest BCUT2D eigenvalue weighted by Gasteiger charge is 2.08. The molecule has 1 unspecified atom stereocenters. The predicted molar refractivity (Wildman–Crippen MR) is 141 cm³/mol. The van der Waals surface area contributed by atoms with Crippen molar-refractivity contribution in [3.63, 3.8) is 0 Å². The number of rotatable bonds is 27. The number of unbranched alkanes of at least 4 members (excludes halogenated alkanes) is 20. The zero-order valence-electron chi connectivity index (χ0n) is 21.9. The Bertz CT molecular complexity index is 324. The molecule has 0 saturated heterocycles. The van der Waals surface area contributed by atoms with E-state index in [9.17, 15) is 4.79 Å². The maximum Gasteiger partial charge on any atom is 0.119 e. The standard InChI is InChI=1S/C30H60O/c1-3-5-7-9-16-19-23-27-30(26-22-8-6-4-2)28-24-20-17-14-12-10-11-13-15-18-21-25-29-31/h29-30H,3-28H2,1-2H3. The van der Waals surface area contributed by atoms with Gasteiger partial charge < -0.3 is 4.79 Å². The lowest BCUT2D eigenvalue weighted by atomic mass is 9.89. The first-order chi connectivity index (χ1) is 15.3. The molecule has 0 aliphatic heterocycles. The van der Waals surface area contributed by atoms with Crippen LogP contribution >= 0.6 is 0 Å². The molecule has 0 N–H and O–H groups in total. The van der Waals surface area contributed by atoms with Gasteiger partial charge in [-0.1, -0.05) is 168 Å². The summed E-state index contributed by atoms with van der Waals surface area (Å²) >= 11 is 0. The summed E-state index contributed by atoms with van der Waals surface area (Å²) in [6, 6.07) is 0. The lowest BCUT2D eigenvalue weighted by molar-refractivity contribution is -0.107. The molecule has 0 aliphatic carbocycles. The van der Waals surface area contributed by atoms with Gasteiger partial charge in [0.05, 0.1) is 0 Å². The maximum absolute atomic E-state index is 10.3. The molecule has 0 aromatic rings. The van der Waals surface area contributed by atoms with Crippen molar-refractivity contribution in [3.05, 3.63) is 0 Å². The van der Waals surface area contributed by atoms with Crippen LogP contribution < -0.4 is 0 Å². The Morgan fingerprint density at radius 2 is 0.710 bits per heavy atom. The summed E-state index contributed by atoms with van der Waals surface area (Å²) in [5.41, 5.74) is 0. The molecule has 0 aromatic carbocycles. The molecule has 31 heavy (non-hydrogen) atoms. The van der Waals surface area contributed by atoms with E-state index < -0.39 is 0 Å². The molecule has 0 aromatic heterocycles. The maximum atomic E-state index is 10.3. The van der Waals surface area contributed by atoms with Crippen molar-refractivity contribution < 1.29 is 4.79 Å². The largest absolute Gasteiger partial charge is 0.303 e. The van der Waals surface area contributed by atoms with Crippen LogP contribution in [-0.2, 0) is 4.79 Å². The normalized spacial score (nSPS) is 12.3. The van der Waals surface area contributed by atoms with Gasteiger partial charge in [-0.3, -0.25) is 0 Å². The Kier molecular flexibility index (Phi) is 27.4. The molecular weight excluding hydrogens is 376 g/mol. The minimum Gasteiger partial charge on any atom is -0.303 e. The molecule has 1 atom stereocenters. The topological polar surface area (TPSA) is 17.1 Å². The second-order valence-corrected chi connectivity index (χ2v) is 10.3. The Labute approximate surface area is 197 Å². The third kappa shape index (κ3) is 25.8. The van der Waals surface area contributed by atoms with Gasteiger partial charge in [-0.15, -0.1) is 0 Å². The summed E-state index contributed by atoms with van der Waals surface area (Å²) in [4.78, 5) is 10.3. The Morgan fingerprint density at radius 3 is 1.06 bits per heavy atom. The van der Waals surface area contributed by atoms with Crippen LogP contribution in [0.15, 0.2) is 0 Å². The average molecular weight is 437 g/mol. The van der Waals surface area contributed by atoms with Crippen LogP contribution in [0.1, 0.15) is 181 Å². The monoisotopic (exact) mass is 436 g/mol. The van der Waals surface area contributed by atoms with Crippen molar-refractivity contribution in [1.29, 1.82) is 0 Å². The van der Waals surface area contributed by atoms with Gasteiger partial charge in [0.2, 0.25) is 0 Å². The van der Waals surface area contributed by atoms with Gasteiger partial charge in [-0.05, 0) is 12.3 Å². The first kappa shape index (κ1) is 30.7. The van der Waals surface area contributed by atoms with Gasteiger partial charge in [0.25, 0.3) is 0 Å². The van der Waals surface area contributed by atoms with E-state index in [2.05, 4.69) is 13.8 Å². The van der Waals surface area contributed by atoms with Crippen molar-refractivity contribution >= 4 is 6.29 Å². The third-order valence-corrected chi connectivity index (χ3v) is 7.12. The predicted octanol–water partition coefficient (Wildman–Crippen LogP) is 11.0. The second-order valence-electron chi connectivity index (χ2n) is 10.3. The number of carbonyl (C=O) groups is 1. The molecule has 0 radical (unpaired) electrons. The van der Waals surface area contributed by atoms with Crippen LogP contribution in [0.5, 0.6) is 0 Å². The summed E-state index contributed by atoms with van der Waals surface area (Å²) < 4.78 is 0. The van der Waals surface area contributed by atoms with Crippen LogP contribution in [0, 0.1) is 5.92 Å². The molecule has 0 rings (SSSR count). The number of hydrogen-bond acceptors (Lipinski definition) is 1. The highest BCUT2D eigenvalue weighted by atomic mass is 16.1. The van der Waals surface area contributed by atoms with Crippen molar-refractivity contribution in [1.82, 2.24) is 0 Å². The smallest absolute Gasteiger partial charge is 0.119 e. The summed E-state index contributed by atoms with van der Waals surface area (Å²) in [6.45, 7) is 4.64. The quantitative estimate of drug-likeness (QED) is 0.0923. The number of hydrogen-bond donors (Lipinski definition) is 0. The van der Waals surface area contributed by atoms with Gasteiger partial charge >= 0.3 is 0 Å². The van der Waals surface area contributed by atoms with Crippen LogP contribution in [0.3, 0.4) is 0 Å². The van der Waals surface area contributed by atoms with Crippen molar-refractivity contribution in [2.45, 2.75) is 181 Å². The number of carbonyl (C=O) groups excluding carboxylic acids is 1. The van der Waals surface area contributed by atoms with E-state index in [1.54, 1.807) is 0 Å². The van der Waals surface area contributed by atoms with E-state index >= 15 is 0 Å². The lowest BCUT2D eigenvalue weighted by Crippen LogP contribution is -2.01.